The van der Waals surface area contributed by atoms with E-state index in [0.29, 0.717) is 0 Å². The molecule has 2 N–H and O–H groups in total. The Kier molecular flexibility index (Phi) is 3.64. The summed E-state index contributed by atoms with van der Waals surface area (Å²) in [4.78, 5) is 0. The highest BCUT2D eigenvalue weighted by Gasteiger charge is 2.18. The van der Waals surface area contributed by atoms with Crippen LogP contribution in [0.4, 0.5) is 0 Å². The molecule has 0 amide bonds. The Morgan fingerprint density at radius 3 is 2.50 bits per heavy atom. The average Bonchev–Trinajstić information content (AvgIpc) is 2.25. The van der Waals surface area contributed by atoms with Gasteiger partial charge in [-0.3, -0.25) is 0 Å². The lowest BCUT2D eigenvalue weighted by Gasteiger charge is -2.25. The van der Waals surface area contributed by atoms with Gasteiger partial charge < -0.3 is 5.73 Å². The van der Waals surface area contributed by atoms with Crippen LogP contribution in [-0.2, 0) is 0 Å². The first-order valence-corrected chi connectivity index (χ1v) is 6.16. The van der Waals surface area contributed by atoms with Crippen LogP contribution >= 0.6 is 0 Å². The third kappa shape index (κ3) is 2.65. The van der Waals surface area contributed by atoms with Crippen LogP contribution < -0.4 is 5.73 Å². The summed E-state index contributed by atoms with van der Waals surface area (Å²) in [5.41, 5.74) is 8.30. The van der Waals surface area contributed by atoms with E-state index in [-0.39, 0.29) is 6.04 Å². The molecular weight excluding hydrogens is 194 g/mol. The van der Waals surface area contributed by atoms with E-state index < -0.39 is 0 Å². The Balaban J connectivity index is 2.03. The molecule has 0 aliphatic heterocycles. The first kappa shape index (κ1) is 11.2. The molecule has 1 saturated carbocycles. The standard InChI is InChI=1S/C15H19N/c1-2-15(16)11-8-12-6-9-14(10-7-12)13-4-3-5-13/h6-7,9-10,13,15H,2-5,16H2,1H3. The van der Waals surface area contributed by atoms with Gasteiger partial charge >= 0.3 is 0 Å². The predicted octanol–water partition coefficient (Wildman–Crippen LogP) is 3.04. The maximum atomic E-state index is 5.76. The van der Waals surface area contributed by atoms with Crippen molar-refractivity contribution in [1.29, 1.82) is 0 Å². The summed E-state index contributed by atoms with van der Waals surface area (Å²) in [6.45, 7) is 2.05. The van der Waals surface area contributed by atoms with E-state index in [0.717, 1.165) is 17.9 Å². The fraction of sp³-hybridized carbons (Fsp3) is 0.467. The smallest absolute Gasteiger partial charge is 0.0665 e. The van der Waals surface area contributed by atoms with Crippen LogP contribution in [0.15, 0.2) is 24.3 Å². The second-order valence-corrected chi connectivity index (χ2v) is 4.53. The minimum absolute atomic E-state index is 0.00584. The van der Waals surface area contributed by atoms with Crippen LogP contribution in [0.1, 0.15) is 49.7 Å². The van der Waals surface area contributed by atoms with Crippen molar-refractivity contribution in [2.45, 2.75) is 44.6 Å². The minimum atomic E-state index is 0.00584. The van der Waals surface area contributed by atoms with Gasteiger partial charge in [0.05, 0.1) is 6.04 Å². The number of hydrogen-bond donors (Lipinski definition) is 1. The summed E-state index contributed by atoms with van der Waals surface area (Å²) in [7, 11) is 0. The summed E-state index contributed by atoms with van der Waals surface area (Å²) in [6, 6.07) is 8.66. The van der Waals surface area contributed by atoms with E-state index >= 15 is 0 Å². The Labute approximate surface area is 98.0 Å². The highest BCUT2D eigenvalue weighted by atomic mass is 14.6. The summed E-state index contributed by atoms with van der Waals surface area (Å²) < 4.78 is 0. The fourth-order valence-electron chi connectivity index (χ4n) is 1.86. The van der Waals surface area contributed by atoms with Crippen LogP contribution in [0.2, 0.25) is 0 Å². The van der Waals surface area contributed by atoms with E-state index in [1.54, 1.807) is 0 Å². The third-order valence-electron chi connectivity index (χ3n) is 3.33. The lowest BCUT2D eigenvalue weighted by molar-refractivity contribution is 0.420. The minimum Gasteiger partial charge on any atom is -0.318 e. The van der Waals surface area contributed by atoms with E-state index in [1.165, 1.54) is 24.8 Å². The van der Waals surface area contributed by atoms with E-state index in [1.807, 2.05) is 0 Å². The quantitative estimate of drug-likeness (QED) is 0.751. The molecule has 1 aromatic carbocycles. The first-order valence-electron chi connectivity index (χ1n) is 6.16. The molecule has 1 aliphatic rings. The number of nitrogens with two attached hydrogens (primary N) is 1. The zero-order chi connectivity index (χ0) is 11.4. The summed E-state index contributed by atoms with van der Waals surface area (Å²) in [5.74, 6) is 6.98. The van der Waals surface area contributed by atoms with Crippen LogP contribution in [0.5, 0.6) is 0 Å². The number of rotatable bonds is 2. The van der Waals surface area contributed by atoms with E-state index in [9.17, 15) is 0 Å². The van der Waals surface area contributed by atoms with E-state index in [4.69, 9.17) is 5.73 Å². The molecule has 0 spiro atoms. The first-order chi connectivity index (χ1) is 7.79. The van der Waals surface area contributed by atoms with Crippen molar-refractivity contribution in [3.05, 3.63) is 35.4 Å². The molecule has 2 rings (SSSR count). The lowest BCUT2D eigenvalue weighted by Crippen LogP contribution is -2.15. The summed E-state index contributed by atoms with van der Waals surface area (Å²) >= 11 is 0. The molecule has 0 aromatic heterocycles. The molecular formula is C15H19N. The van der Waals surface area contributed by atoms with E-state index in [2.05, 4.69) is 43.0 Å². The van der Waals surface area contributed by atoms with Gasteiger partial charge in [-0.1, -0.05) is 37.3 Å². The largest absolute Gasteiger partial charge is 0.318 e. The zero-order valence-corrected chi connectivity index (χ0v) is 9.87. The topological polar surface area (TPSA) is 26.0 Å². The molecule has 0 radical (unpaired) electrons. The SMILES string of the molecule is CCC(N)C#Cc1ccc(C2CCC2)cc1. The summed E-state index contributed by atoms with van der Waals surface area (Å²) in [6.07, 6.45) is 5.00. The van der Waals surface area contributed by atoms with Gasteiger partial charge in [0.2, 0.25) is 0 Å². The van der Waals surface area contributed by atoms with Crippen molar-refractivity contribution in [3.8, 4) is 11.8 Å². The van der Waals surface area contributed by atoms with Crippen LogP contribution in [-0.4, -0.2) is 6.04 Å². The second-order valence-electron chi connectivity index (χ2n) is 4.53. The molecule has 1 heteroatoms. The van der Waals surface area contributed by atoms with Gasteiger partial charge in [0.1, 0.15) is 0 Å². The number of hydrogen-bond acceptors (Lipinski definition) is 1. The summed E-state index contributed by atoms with van der Waals surface area (Å²) in [5, 5.41) is 0. The Bertz CT molecular complexity index is 390. The second kappa shape index (κ2) is 5.18. The maximum Gasteiger partial charge on any atom is 0.0665 e. The maximum absolute atomic E-state index is 5.76. The molecule has 1 nitrogen and oxygen atoms in total. The Morgan fingerprint density at radius 2 is 2.00 bits per heavy atom. The van der Waals surface area contributed by atoms with Crippen molar-refractivity contribution in [2.24, 2.45) is 5.73 Å². The monoisotopic (exact) mass is 213 g/mol. The van der Waals surface area contributed by atoms with Gasteiger partial charge in [0, 0.05) is 5.56 Å². The number of benzene rings is 1. The van der Waals surface area contributed by atoms with Crippen molar-refractivity contribution in [3.63, 3.8) is 0 Å². The molecule has 1 unspecified atom stereocenters. The molecule has 0 bridgehead atoms. The molecule has 1 aromatic rings. The zero-order valence-electron chi connectivity index (χ0n) is 9.87. The molecule has 1 aliphatic carbocycles. The molecule has 1 atom stereocenters. The highest BCUT2D eigenvalue weighted by molar-refractivity contribution is 5.38. The molecule has 16 heavy (non-hydrogen) atoms. The van der Waals surface area contributed by atoms with Gasteiger partial charge in [-0.05, 0) is 42.9 Å². The molecule has 0 saturated heterocycles. The van der Waals surface area contributed by atoms with Crippen molar-refractivity contribution in [1.82, 2.24) is 0 Å². The van der Waals surface area contributed by atoms with Crippen LogP contribution in [0, 0.1) is 11.8 Å². The Hall–Kier alpha value is -1.26. The Morgan fingerprint density at radius 1 is 1.31 bits per heavy atom. The van der Waals surface area contributed by atoms with Crippen LogP contribution in [0.3, 0.4) is 0 Å². The molecule has 84 valence electrons. The molecule has 0 heterocycles. The van der Waals surface area contributed by atoms with Gasteiger partial charge in [0.15, 0.2) is 0 Å². The van der Waals surface area contributed by atoms with Crippen molar-refractivity contribution in [2.75, 3.05) is 0 Å². The van der Waals surface area contributed by atoms with Crippen LogP contribution in [0.25, 0.3) is 0 Å². The van der Waals surface area contributed by atoms with Gasteiger partial charge in [0.25, 0.3) is 0 Å². The normalized spacial score (nSPS) is 17.1. The fourth-order valence-corrected chi connectivity index (χ4v) is 1.86. The highest BCUT2D eigenvalue weighted by Crippen LogP contribution is 2.36. The van der Waals surface area contributed by atoms with Crippen molar-refractivity contribution >= 4 is 0 Å². The average molecular weight is 213 g/mol. The lowest BCUT2D eigenvalue weighted by atomic mass is 9.80. The van der Waals surface area contributed by atoms with Gasteiger partial charge in [-0.25, -0.2) is 0 Å². The predicted molar refractivity (Wildman–Crippen MR) is 68.2 cm³/mol. The third-order valence-corrected chi connectivity index (χ3v) is 3.33. The molecule has 1 fully saturated rings. The van der Waals surface area contributed by atoms with Gasteiger partial charge in [-0.15, -0.1) is 0 Å². The van der Waals surface area contributed by atoms with Gasteiger partial charge in [-0.2, -0.15) is 0 Å². The van der Waals surface area contributed by atoms with Crippen molar-refractivity contribution < 1.29 is 0 Å².